The van der Waals surface area contributed by atoms with Gasteiger partial charge in [-0.15, -0.1) is 0 Å². The molecule has 1 heterocycles. The van der Waals surface area contributed by atoms with Crippen LogP contribution in [0.3, 0.4) is 0 Å². The minimum atomic E-state index is -0.633. The Hall–Kier alpha value is -3.81. The van der Waals surface area contributed by atoms with Crippen LogP contribution in [-0.4, -0.2) is 47.7 Å². The molecule has 8 heteroatoms. The Bertz CT molecular complexity index is 1190. The third-order valence-electron chi connectivity index (χ3n) is 7.27. The molecule has 2 atom stereocenters. The van der Waals surface area contributed by atoms with Crippen LogP contribution < -0.4 is 16.0 Å². The van der Waals surface area contributed by atoms with Crippen LogP contribution in [0.15, 0.2) is 59.9 Å². The molecule has 8 nitrogen and oxygen atoms in total. The molecule has 196 valence electrons. The lowest BCUT2D eigenvalue weighted by Gasteiger charge is -2.35. The number of benzene rings is 2. The predicted molar refractivity (Wildman–Crippen MR) is 143 cm³/mol. The van der Waals surface area contributed by atoms with Crippen molar-refractivity contribution in [3.63, 3.8) is 0 Å². The maximum absolute atomic E-state index is 13.9. The summed E-state index contributed by atoms with van der Waals surface area (Å²) >= 11 is 0. The highest BCUT2D eigenvalue weighted by molar-refractivity contribution is 6.14. The van der Waals surface area contributed by atoms with Gasteiger partial charge in [-0.3, -0.25) is 14.4 Å². The summed E-state index contributed by atoms with van der Waals surface area (Å²) in [7, 11) is 3.20. The first-order valence-corrected chi connectivity index (χ1v) is 13.0. The van der Waals surface area contributed by atoms with Gasteiger partial charge in [0.15, 0.2) is 5.75 Å². The molecule has 4 rings (SSSR count). The number of Topliss-reactive ketones (excluding diaryl/α,β-unsaturated/α-hetero) is 1. The van der Waals surface area contributed by atoms with Crippen molar-refractivity contribution < 1.29 is 19.5 Å². The van der Waals surface area contributed by atoms with Crippen molar-refractivity contribution in [2.45, 2.75) is 57.5 Å². The molecule has 1 fully saturated rings. The molecule has 2 aromatic carbocycles. The lowest BCUT2D eigenvalue weighted by atomic mass is 9.80. The van der Waals surface area contributed by atoms with E-state index in [-0.39, 0.29) is 58.0 Å². The Morgan fingerprint density at radius 1 is 1.03 bits per heavy atom. The van der Waals surface area contributed by atoms with E-state index in [0.717, 1.165) is 37.7 Å². The zero-order valence-electron chi connectivity index (χ0n) is 21.7. The smallest absolute Gasteiger partial charge is 0.270 e. The third kappa shape index (κ3) is 5.63. The Labute approximate surface area is 218 Å². The number of phenols is 1. The number of ketones is 1. The van der Waals surface area contributed by atoms with Gasteiger partial charge in [-0.05, 0) is 42.9 Å². The highest BCUT2D eigenvalue weighted by Gasteiger charge is 2.40. The largest absolute Gasteiger partial charge is 0.505 e. The van der Waals surface area contributed by atoms with Crippen LogP contribution in [0.2, 0.25) is 0 Å². The van der Waals surface area contributed by atoms with Crippen LogP contribution >= 0.6 is 0 Å². The molecular formula is C29H36N4O4. The number of hydrogen-bond acceptors (Lipinski definition) is 6. The third-order valence-corrected chi connectivity index (χ3v) is 7.27. The number of anilines is 1. The van der Waals surface area contributed by atoms with Crippen molar-refractivity contribution in [2.24, 2.45) is 5.92 Å². The monoisotopic (exact) mass is 504 g/mol. The van der Waals surface area contributed by atoms with Crippen molar-refractivity contribution in [2.75, 3.05) is 19.4 Å². The fraction of sp³-hybridized carbons (Fsp3) is 0.414. The summed E-state index contributed by atoms with van der Waals surface area (Å²) < 4.78 is 0. The van der Waals surface area contributed by atoms with E-state index in [1.807, 2.05) is 37.3 Å². The van der Waals surface area contributed by atoms with Crippen molar-refractivity contribution >= 4 is 23.3 Å². The van der Waals surface area contributed by atoms with E-state index in [2.05, 4.69) is 16.0 Å². The first-order valence-electron chi connectivity index (χ1n) is 13.0. The second-order valence-electron chi connectivity index (χ2n) is 10.0. The molecule has 0 radical (unpaired) electrons. The van der Waals surface area contributed by atoms with Crippen LogP contribution in [0.1, 0.15) is 67.4 Å². The topological polar surface area (TPSA) is 111 Å². The number of phenolic OH excluding ortho intramolecular Hbond substituents is 1. The van der Waals surface area contributed by atoms with Gasteiger partial charge < -0.3 is 26.0 Å². The summed E-state index contributed by atoms with van der Waals surface area (Å²) in [4.78, 5) is 41.3. The molecule has 1 aliphatic carbocycles. The van der Waals surface area contributed by atoms with E-state index >= 15 is 0 Å². The summed E-state index contributed by atoms with van der Waals surface area (Å²) in [6.45, 7) is 2.01. The summed E-state index contributed by atoms with van der Waals surface area (Å²) in [5, 5.41) is 20.3. The Kier molecular flexibility index (Phi) is 8.16. The molecule has 2 amide bonds. The van der Waals surface area contributed by atoms with Gasteiger partial charge >= 0.3 is 0 Å². The SMILES string of the molecule is CC[C@@H](NC1=C(Nc2cccc(C(=O)N(C)C)c2O)C(=O)C(C2CCCCC2)NC1=O)c1ccccc1. The number of nitrogens with one attached hydrogen (secondary N) is 3. The minimum Gasteiger partial charge on any atom is -0.505 e. The van der Waals surface area contributed by atoms with Crippen LogP contribution in [0.4, 0.5) is 5.69 Å². The molecular weight excluding hydrogens is 468 g/mol. The summed E-state index contributed by atoms with van der Waals surface area (Å²) in [5.74, 6) is -1.14. The normalized spacial score (nSPS) is 19.3. The van der Waals surface area contributed by atoms with Crippen LogP contribution in [-0.2, 0) is 9.59 Å². The number of nitrogens with zero attached hydrogens (tertiary/aromatic N) is 1. The van der Waals surface area contributed by atoms with Gasteiger partial charge in [0.05, 0.1) is 23.3 Å². The van der Waals surface area contributed by atoms with Crippen LogP contribution in [0.25, 0.3) is 0 Å². The van der Waals surface area contributed by atoms with E-state index < -0.39 is 6.04 Å². The highest BCUT2D eigenvalue weighted by atomic mass is 16.3. The highest BCUT2D eigenvalue weighted by Crippen LogP contribution is 2.34. The molecule has 4 N–H and O–H groups in total. The number of amides is 2. The molecule has 1 aliphatic heterocycles. The molecule has 1 saturated carbocycles. The standard InChI is InChI=1S/C29H36N4O4/c1-4-21(18-12-7-5-8-13-18)30-25-24(27(35)23(32-28(25)36)19-14-9-6-10-15-19)31-22-17-11-16-20(26(22)34)29(37)33(2)3/h5,7-8,11-13,16-17,19,21,23,30-31,34H,4,6,9-10,14-15H2,1-3H3,(H,32,36)/t21-,23?/m1/s1. The van der Waals surface area contributed by atoms with E-state index in [4.69, 9.17) is 0 Å². The van der Waals surface area contributed by atoms with Gasteiger partial charge in [0.1, 0.15) is 11.4 Å². The summed E-state index contributed by atoms with van der Waals surface area (Å²) in [5.41, 5.74) is 1.54. The van der Waals surface area contributed by atoms with Crippen molar-refractivity contribution in [3.8, 4) is 5.75 Å². The maximum atomic E-state index is 13.9. The van der Waals surface area contributed by atoms with Gasteiger partial charge in [-0.25, -0.2) is 0 Å². The van der Waals surface area contributed by atoms with Crippen LogP contribution in [0.5, 0.6) is 5.75 Å². The molecule has 37 heavy (non-hydrogen) atoms. The minimum absolute atomic E-state index is 0.0647. The Balaban J connectivity index is 1.75. The first-order chi connectivity index (χ1) is 17.8. The van der Waals surface area contributed by atoms with Crippen molar-refractivity contribution in [1.82, 2.24) is 15.5 Å². The molecule has 0 aromatic heterocycles. The average molecular weight is 505 g/mol. The maximum Gasteiger partial charge on any atom is 0.270 e. The number of hydrogen-bond donors (Lipinski definition) is 4. The number of carbonyl (C=O) groups excluding carboxylic acids is 3. The number of aromatic hydroxyl groups is 1. The zero-order valence-corrected chi connectivity index (χ0v) is 21.7. The van der Waals surface area contributed by atoms with E-state index in [0.29, 0.717) is 6.42 Å². The van der Waals surface area contributed by atoms with Gasteiger partial charge in [0.25, 0.3) is 11.8 Å². The van der Waals surface area contributed by atoms with Gasteiger partial charge in [0, 0.05) is 14.1 Å². The molecule has 1 unspecified atom stereocenters. The van der Waals surface area contributed by atoms with Gasteiger partial charge in [0.2, 0.25) is 5.78 Å². The lowest BCUT2D eigenvalue weighted by Crippen LogP contribution is -2.54. The van der Waals surface area contributed by atoms with E-state index in [1.165, 1.54) is 11.0 Å². The molecule has 0 bridgehead atoms. The van der Waals surface area contributed by atoms with Gasteiger partial charge in [-0.2, -0.15) is 0 Å². The lowest BCUT2D eigenvalue weighted by molar-refractivity contribution is -0.127. The number of para-hydroxylation sites is 1. The van der Waals surface area contributed by atoms with E-state index in [9.17, 15) is 19.5 Å². The summed E-state index contributed by atoms with van der Waals surface area (Å²) in [6, 6.07) is 13.7. The molecule has 0 saturated heterocycles. The van der Waals surface area contributed by atoms with Crippen molar-refractivity contribution in [3.05, 3.63) is 71.1 Å². The fourth-order valence-electron chi connectivity index (χ4n) is 5.21. The number of carbonyl (C=O) groups is 3. The summed E-state index contributed by atoms with van der Waals surface area (Å²) in [6.07, 6.45) is 5.65. The Morgan fingerprint density at radius 2 is 1.73 bits per heavy atom. The zero-order chi connectivity index (χ0) is 26.5. The second-order valence-corrected chi connectivity index (χ2v) is 10.0. The fourth-order valence-corrected chi connectivity index (χ4v) is 5.21. The Morgan fingerprint density at radius 3 is 2.38 bits per heavy atom. The molecule has 0 spiro atoms. The van der Waals surface area contributed by atoms with E-state index in [1.54, 1.807) is 26.2 Å². The van der Waals surface area contributed by atoms with Crippen LogP contribution in [0, 0.1) is 5.92 Å². The molecule has 2 aromatic rings. The second kappa shape index (κ2) is 11.5. The van der Waals surface area contributed by atoms with Gasteiger partial charge in [-0.1, -0.05) is 62.6 Å². The van der Waals surface area contributed by atoms with Crippen molar-refractivity contribution in [1.29, 1.82) is 0 Å². The molecule has 2 aliphatic rings. The predicted octanol–water partition coefficient (Wildman–Crippen LogP) is 4.11. The quantitative estimate of drug-likeness (QED) is 0.403. The first kappa shape index (κ1) is 26.3. The average Bonchev–Trinajstić information content (AvgIpc) is 2.91. The number of rotatable bonds is 8.